The number of halogens is 2. The number of hydrogen-bond acceptors (Lipinski definition) is 0. The fourth-order valence-electron chi connectivity index (χ4n) is 4.50. The smallest absolute Gasteiger partial charge is 1.00 e. The Hall–Kier alpha value is -0.187. The second kappa shape index (κ2) is 11.6. The molecule has 2 aliphatic carbocycles. The van der Waals surface area contributed by atoms with Gasteiger partial charge in [0.2, 0.25) is 0 Å². The Kier molecular flexibility index (Phi) is 10.1. The van der Waals surface area contributed by atoms with Gasteiger partial charge in [-0.3, -0.25) is 0 Å². The van der Waals surface area contributed by atoms with Crippen LogP contribution < -0.4 is 24.8 Å². The van der Waals surface area contributed by atoms with Gasteiger partial charge in [0.15, 0.2) is 0 Å². The summed E-state index contributed by atoms with van der Waals surface area (Å²) in [6.45, 7) is 9.62. The van der Waals surface area contributed by atoms with Crippen molar-refractivity contribution < 1.29 is 48.0 Å². The maximum atomic E-state index is 2.61. The van der Waals surface area contributed by atoms with E-state index in [0.29, 0.717) is 3.63 Å². The molecule has 0 nitrogen and oxygen atoms in total. The molecule has 0 aromatic heterocycles. The van der Waals surface area contributed by atoms with E-state index in [9.17, 15) is 0 Å². The van der Waals surface area contributed by atoms with Gasteiger partial charge >= 0.3 is 185 Å². The number of fused-ring (bicyclic) bond motifs is 2. The Morgan fingerprint density at radius 3 is 2.00 bits per heavy atom. The average Bonchev–Trinajstić information content (AvgIpc) is 3.23. The second-order valence-corrected chi connectivity index (χ2v) is 15.0. The first-order chi connectivity index (χ1) is 13.5. The van der Waals surface area contributed by atoms with Crippen molar-refractivity contribution in [2.24, 2.45) is 11.8 Å². The summed E-state index contributed by atoms with van der Waals surface area (Å²) in [4.78, 5) is 0. The van der Waals surface area contributed by atoms with Crippen LogP contribution >= 0.6 is 7.92 Å². The van der Waals surface area contributed by atoms with Crippen molar-refractivity contribution in [1.82, 2.24) is 0 Å². The Balaban J connectivity index is 0.00000160. The fourth-order valence-corrected chi connectivity index (χ4v) is 13.6. The van der Waals surface area contributed by atoms with Gasteiger partial charge < -0.3 is 24.8 Å². The Morgan fingerprint density at radius 2 is 1.37 bits per heavy atom. The van der Waals surface area contributed by atoms with E-state index in [0.717, 1.165) is 15.5 Å². The fraction of sp³-hybridized carbons (Fsp3) is 0.385. The maximum Gasteiger partial charge on any atom is -1.00 e. The van der Waals surface area contributed by atoms with Crippen molar-refractivity contribution in [3.8, 4) is 0 Å². The van der Waals surface area contributed by atoms with Crippen molar-refractivity contribution in [1.29, 1.82) is 0 Å². The van der Waals surface area contributed by atoms with Crippen molar-refractivity contribution >= 4 is 20.1 Å². The molecule has 0 fully saturated rings. The zero-order valence-electron chi connectivity index (χ0n) is 18.3. The van der Waals surface area contributed by atoms with Gasteiger partial charge in [-0.2, -0.15) is 0 Å². The van der Waals surface area contributed by atoms with Crippen LogP contribution in [0.3, 0.4) is 0 Å². The number of allylic oxidation sites excluding steroid dienone is 2. The molecule has 4 rings (SSSR count). The van der Waals surface area contributed by atoms with E-state index in [1.54, 1.807) is 11.1 Å². The molecule has 2 aromatic rings. The molecule has 2 unspecified atom stereocenters. The third kappa shape index (κ3) is 5.78. The summed E-state index contributed by atoms with van der Waals surface area (Å²) in [5.41, 5.74) is 6.20. The van der Waals surface area contributed by atoms with Crippen molar-refractivity contribution in [2.45, 2.75) is 34.9 Å². The van der Waals surface area contributed by atoms with Gasteiger partial charge in [0.05, 0.1) is 0 Å². The van der Waals surface area contributed by atoms with Crippen LogP contribution in [0.2, 0.25) is 0 Å². The molecule has 2 aliphatic rings. The molecule has 2 atom stereocenters. The third-order valence-corrected chi connectivity index (χ3v) is 14.1. The predicted molar refractivity (Wildman–Crippen MR) is 122 cm³/mol. The van der Waals surface area contributed by atoms with Crippen molar-refractivity contribution in [2.75, 3.05) is 12.3 Å². The molecule has 0 spiro atoms. The summed E-state index contributed by atoms with van der Waals surface area (Å²) >= 11 is -0.700. The average molecular weight is 537 g/mol. The molecule has 0 heterocycles. The molecule has 0 saturated heterocycles. The van der Waals surface area contributed by atoms with Crippen molar-refractivity contribution in [3.05, 3.63) is 82.2 Å². The minimum atomic E-state index is -0.700. The first kappa shape index (κ1) is 26.1. The van der Waals surface area contributed by atoms with Gasteiger partial charge in [-0.05, 0) is 0 Å². The third-order valence-electron chi connectivity index (χ3n) is 5.59. The van der Waals surface area contributed by atoms with Crippen LogP contribution in [0.15, 0.2) is 59.9 Å². The van der Waals surface area contributed by atoms with Crippen LogP contribution in [0.1, 0.15) is 57.2 Å². The van der Waals surface area contributed by atoms with Crippen LogP contribution in [0.5, 0.6) is 0 Å². The molecule has 158 valence electrons. The first-order valence-corrected chi connectivity index (χ1v) is 15.2. The Labute approximate surface area is 208 Å². The van der Waals surface area contributed by atoms with Crippen LogP contribution in [0.25, 0.3) is 12.2 Å². The minimum absolute atomic E-state index is 0. The van der Waals surface area contributed by atoms with Gasteiger partial charge in [0.25, 0.3) is 0 Å². The molecule has 0 bridgehead atoms. The molecular weight excluding hydrogens is 505 g/mol. The largest absolute Gasteiger partial charge is 1.00 e. The molecule has 0 aliphatic heterocycles. The Bertz CT molecular complexity index is 893. The normalized spacial score (nSPS) is 18.6. The zero-order chi connectivity index (χ0) is 19.7. The SMILES string of the molecule is CC(C)CP(CC(C)C)C1=Cc2ccccc2[CH]1[Zr+2][CH]1C=Cc2ccccc21.[Cl-].[Cl-]. The second-order valence-electron chi connectivity index (χ2n) is 8.96. The summed E-state index contributed by atoms with van der Waals surface area (Å²) in [5.74, 6) is 1.57. The molecule has 30 heavy (non-hydrogen) atoms. The molecule has 0 N–H and O–H groups in total. The van der Waals surface area contributed by atoms with E-state index >= 15 is 0 Å². The number of benzene rings is 2. The maximum absolute atomic E-state index is 2.61. The summed E-state index contributed by atoms with van der Waals surface area (Å²) in [5, 5.41) is 1.84. The van der Waals surface area contributed by atoms with E-state index in [1.165, 1.54) is 23.5 Å². The molecule has 0 amide bonds. The molecular formula is C26H31Cl2PZr. The van der Waals surface area contributed by atoms with Gasteiger partial charge in [-0.25, -0.2) is 0 Å². The predicted octanol–water partition coefficient (Wildman–Crippen LogP) is 1.73. The minimum Gasteiger partial charge on any atom is -1.00 e. The summed E-state index contributed by atoms with van der Waals surface area (Å²) < 4.78 is 1.47. The summed E-state index contributed by atoms with van der Waals surface area (Å²) in [6.07, 6.45) is 10.3. The van der Waals surface area contributed by atoms with Gasteiger partial charge in [0.1, 0.15) is 0 Å². The van der Waals surface area contributed by atoms with E-state index in [1.807, 2.05) is 5.31 Å². The van der Waals surface area contributed by atoms with Crippen molar-refractivity contribution in [3.63, 3.8) is 0 Å². The number of hydrogen-bond donors (Lipinski definition) is 0. The summed E-state index contributed by atoms with van der Waals surface area (Å²) in [6, 6.07) is 18.3. The quantitative estimate of drug-likeness (QED) is 0.473. The van der Waals surface area contributed by atoms with Gasteiger partial charge in [-0.1, -0.05) is 0 Å². The van der Waals surface area contributed by atoms with Gasteiger partial charge in [-0.15, -0.1) is 0 Å². The van der Waals surface area contributed by atoms with Crippen LogP contribution in [0, 0.1) is 11.8 Å². The number of rotatable bonds is 7. The topological polar surface area (TPSA) is 0 Å². The van der Waals surface area contributed by atoms with Gasteiger partial charge in [0, 0.05) is 0 Å². The van der Waals surface area contributed by atoms with Crippen LogP contribution in [-0.2, 0) is 23.2 Å². The molecule has 0 saturated carbocycles. The molecule has 0 radical (unpaired) electrons. The van der Waals surface area contributed by atoms with E-state index in [4.69, 9.17) is 0 Å². The molecule has 4 heteroatoms. The Morgan fingerprint density at radius 1 is 0.800 bits per heavy atom. The monoisotopic (exact) mass is 534 g/mol. The van der Waals surface area contributed by atoms with E-state index in [2.05, 4.69) is 94.5 Å². The first-order valence-electron chi connectivity index (χ1n) is 10.6. The standard InChI is InChI=1S/C17H24P.C9H7.2ClH.Zr/c1-13(2)11-18(12-14(3)4)17-9-15-7-5-6-8-16(15)10-17;1-2-5-9-7-3-6-8(9)4-1;;;/h5-10,13-14H,11-12H2,1-4H3;1-7H;2*1H;/q;;;;+2/p-2. The zero-order valence-corrected chi connectivity index (χ0v) is 23.1. The van der Waals surface area contributed by atoms with Crippen LogP contribution in [0.4, 0.5) is 0 Å². The summed E-state index contributed by atoms with van der Waals surface area (Å²) in [7, 11) is -0.0343. The van der Waals surface area contributed by atoms with E-state index < -0.39 is 23.2 Å². The van der Waals surface area contributed by atoms with E-state index in [-0.39, 0.29) is 32.7 Å². The van der Waals surface area contributed by atoms with Crippen LogP contribution in [-0.4, -0.2) is 12.3 Å². The molecule has 2 aromatic carbocycles.